The van der Waals surface area contributed by atoms with Crippen molar-refractivity contribution in [3.8, 4) is 23.0 Å². The van der Waals surface area contributed by atoms with Crippen LogP contribution in [-0.2, 0) is 20.5 Å². The van der Waals surface area contributed by atoms with Crippen LogP contribution in [0.1, 0.15) is 75.8 Å². The zero-order chi connectivity index (χ0) is 40.7. The Balaban J connectivity index is 1.45. The molecule has 302 valence electrons. The second kappa shape index (κ2) is 16.9. The van der Waals surface area contributed by atoms with E-state index in [4.69, 9.17) is 47.7 Å². The third-order valence-corrected chi connectivity index (χ3v) is 13.1. The number of aliphatic hydroxyl groups is 2. The van der Waals surface area contributed by atoms with Crippen molar-refractivity contribution in [3.05, 3.63) is 80.3 Å². The van der Waals surface area contributed by atoms with Gasteiger partial charge in [-0.25, -0.2) is 14.4 Å². The summed E-state index contributed by atoms with van der Waals surface area (Å²) >= 11 is 15.5. The average Bonchev–Trinajstić information content (AvgIpc) is 3.16. The Morgan fingerprint density at radius 3 is 2.38 bits per heavy atom. The summed E-state index contributed by atoms with van der Waals surface area (Å²) in [6.07, 6.45) is -4.92. The summed E-state index contributed by atoms with van der Waals surface area (Å²) in [4.78, 5) is 28.1. The number of alkyl halides is 2. The molecule has 7 unspecified atom stereocenters. The number of ether oxygens (including phenoxy) is 3. The molecule has 15 nitrogen and oxygen atoms in total. The second-order valence-electron chi connectivity index (χ2n) is 13.8. The van der Waals surface area contributed by atoms with E-state index in [-0.39, 0.29) is 77.2 Å². The maximum atomic E-state index is 14.6. The molecule has 1 heterocycles. The molecular weight excluding hydrogens is 858 g/mol. The molecule has 3 aliphatic rings. The predicted molar refractivity (Wildman–Crippen MR) is 211 cm³/mol. The molecule has 3 aromatic rings. The van der Waals surface area contributed by atoms with Crippen LogP contribution in [0.15, 0.2) is 52.0 Å². The van der Waals surface area contributed by atoms with Crippen molar-refractivity contribution >= 4 is 64.1 Å². The van der Waals surface area contributed by atoms with Crippen molar-refractivity contribution in [2.75, 3.05) is 32.0 Å². The van der Waals surface area contributed by atoms with Crippen LogP contribution < -0.4 is 20.2 Å². The Bertz CT molecular complexity index is 2080. The lowest BCUT2D eigenvalue weighted by atomic mass is 9.72. The van der Waals surface area contributed by atoms with Gasteiger partial charge in [0, 0.05) is 71.3 Å². The molecular formula is C37H42BrCl2N4O11P. The number of carbonyl (C=O) groups is 2. The average molecular weight is 901 g/mol. The number of aromatic hydroxyl groups is 2. The van der Waals surface area contributed by atoms with E-state index in [2.05, 4.69) is 26.2 Å². The van der Waals surface area contributed by atoms with Crippen molar-refractivity contribution < 1.29 is 53.3 Å². The number of hydrazone groups is 1. The van der Waals surface area contributed by atoms with Crippen LogP contribution in [0.5, 0.6) is 23.0 Å². The number of ketones is 2. The Morgan fingerprint density at radius 2 is 1.75 bits per heavy atom. The van der Waals surface area contributed by atoms with Crippen LogP contribution in [-0.4, -0.2) is 104 Å². The molecule has 19 heteroatoms. The van der Waals surface area contributed by atoms with E-state index in [0.717, 1.165) is 4.47 Å². The number of hydrogen-bond acceptors (Lipinski definition) is 13. The summed E-state index contributed by atoms with van der Waals surface area (Å²) in [5.41, 5.74) is 2.91. The highest BCUT2D eigenvalue weighted by atomic mass is 79.9. The number of nitrogens with zero attached hydrogens (tertiary/aromatic N) is 2. The monoisotopic (exact) mass is 898 g/mol. The third kappa shape index (κ3) is 7.93. The lowest BCUT2D eigenvalue weighted by molar-refractivity contribution is -0.245. The maximum absolute atomic E-state index is 14.6. The number of carbonyl (C=O) groups excluding carboxylic acids is 2. The summed E-state index contributed by atoms with van der Waals surface area (Å²) in [6.45, 7) is 3.24. The SMILES string of the molecule is COc1cccc2c1C(=O)c1c(O)c3c(c(O)c1C2=O)CC(O)(/C(C)=N/NP(=O)(Oc1ccc(Br)cc1)N(CCCl)CCCl)CC3OC1CC(N)C(O)C(C)O1. The minimum absolute atomic E-state index is 0.0115. The van der Waals surface area contributed by atoms with Gasteiger partial charge in [-0.05, 0) is 44.2 Å². The van der Waals surface area contributed by atoms with Crippen molar-refractivity contribution in [1.82, 2.24) is 9.87 Å². The molecule has 56 heavy (non-hydrogen) atoms. The number of nitrogens with one attached hydrogen (secondary N) is 1. The maximum Gasteiger partial charge on any atom is 0.435 e. The number of nitrogens with two attached hydrogens (primary N) is 1. The number of phenolic OH excluding ortho intramolecular Hbond substituents is 2. The van der Waals surface area contributed by atoms with Crippen LogP contribution in [0.25, 0.3) is 0 Å². The number of hydrogen-bond donors (Lipinski definition) is 6. The third-order valence-electron chi connectivity index (χ3n) is 10.3. The number of benzene rings is 3. The van der Waals surface area contributed by atoms with Crippen LogP contribution in [0.2, 0.25) is 0 Å². The van der Waals surface area contributed by atoms with E-state index in [9.17, 15) is 34.6 Å². The standard InChI is InChI=1S/C37H42BrCl2N4O11P/c1-18-32(45)24(41)15-27(53-18)54-26-17-37(50,19(2)42-43-56(51,44(13-11-39)14-12-40)55-21-9-7-20(38)8-10-21)16-23-29(26)36(49)31-30(34(23)47)33(46)22-5-4-6-25(52-3)28(22)35(31)48/h4-10,18,24,26-27,32,45,47,49-50H,11-17,41H2,1-3H3,(H,43,51)/b42-19+. The Kier molecular flexibility index (Phi) is 12.8. The summed E-state index contributed by atoms with van der Waals surface area (Å²) in [7, 11) is -2.78. The van der Waals surface area contributed by atoms with E-state index in [0.29, 0.717) is 0 Å². The lowest BCUT2D eigenvalue weighted by Crippen LogP contribution is -2.52. The Hall–Kier alpha value is -3.28. The first-order chi connectivity index (χ1) is 26.6. The second-order valence-corrected chi connectivity index (χ2v) is 17.4. The van der Waals surface area contributed by atoms with Gasteiger partial charge in [0.15, 0.2) is 12.1 Å². The van der Waals surface area contributed by atoms with Crippen molar-refractivity contribution in [2.45, 2.75) is 69.4 Å². The molecule has 0 radical (unpaired) electrons. The van der Waals surface area contributed by atoms with E-state index in [1.54, 1.807) is 31.2 Å². The molecule has 7 N–H and O–H groups in total. The number of rotatable bonds is 13. The highest BCUT2D eigenvalue weighted by Crippen LogP contribution is 2.53. The van der Waals surface area contributed by atoms with Gasteiger partial charge in [-0.15, -0.1) is 23.2 Å². The van der Waals surface area contributed by atoms with Gasteiger partial charge in [-0.3, -0.25) is 9.59 Å². The summed E-state index contributed by atoms with van der Waals surface area (Å²) < 4.78 is 40.4. The van der Waals surface area contributed by atoms with Crippen LogP contribution in [0.3, 0.4) is 0 Å². The fourth-order valence-electron chi connectivity index (χ4n) is 7.26. The molecule has 0 amide bonds. The van der Waals surface area contributed by atoms with Gasteiger partial charge in [0.2, 0.25) is 5.78 Å². The summed E-state index contributed by atoms with van der Waals surface area (Å²) in [6, 6.07) is 10.3. The number of methoxy groups -OCH3 is 1. The first kappa shape index (κ1) is 42.3. The zero-order valence-electron chi connectivity index (χ0n) is 30.6. The van der Waals surface area contributed by atoms with Crippen LogP contribution >= 0.6 is 46.8 Å². The number of phenols is 2. The molecule has 1 fully saturated rings. The number of aliphatic hydroxyl groups excluding tert-OH is 1. The van der Waals surface area contributed by atoms with Gasteiger partial charge in [0.05, 0.1) is 47.8 Å². The van der Waals surface area contributed by atoms with Crippen molar-refractivity contribution in [3.63, 3.8) is 0 Å². The normalized spacial score (nSPS) is 25.9. The zero-order valence-corrected chi connectivity index (χ0v) is 34.6. The number of halogens is 3. The molecule has 7 atom stereocenters. The van der Waals surface area contributed by atoms with Crippen LogP contribution in [0.4, 0.5) is 0 Å². The molecule has 2 aliphatic carbocycles. The fraction of sp³-hybridized carbons (Fsp3) is 0.432. The van der Waals surface area contributed by atoms with Crippen LogP contribution in [0, 0.1) is 0 Å². The largest absolute Gasteiger partial charge is 0.507 e. The van der Waals surface area contributed by atoms with E-state index >= 15 is 0 Å². The first-order valence-corrected chi connectivity index (χ1v) is 21.1. The van der Waals surface area contributed by atoms with Gasteiger partial charge in [0.1, 0.15) is 28.6 Å². The fourth-order valence-corrected chi connectivity index (χ4v) is 9.86. The highest BCUT2D eigenvalue weighted by molar-refractivity contribution is 9.10. The van der Waals surface area contributed by atoms with Gasteiger partial charge >= 0.3 is 7.67 Å². The van der Waals surface area contributed by atoms with Gasteiger partial charge in [0.25, 0.3) is 0 Å². The molecule has 0 bridgehead atoms. The van der Waals surface area contributed by atoms with E-state index in [1.165, 1.54) is 36.9 Å². The molecule has 0 saturated carbocycles. The van der Waals surface area contributed by atoms with Gasteiger partial charge in [-0.2, -0.15) is 5.10 Å². The minimum atomic E-state index is -4.12. The Morgan fingerprint density at radius 1 is 1.09 bits per heavy atom. The van der Waals surface area contributed by atoms with Crippen molar-refractivity contribution in [1.29, 1.82) is 0 Å². The first-order valence-electron chi connectivity index (χ1n) is 17.7. The van der Waals surface area contributed by atoms with Crippen molar-refractivity contribution in [2.24, 2.45) is 10.8 Å². The molecule has 3 aromatic carbocycles. The summed E-state index contributed by atoms with van der Waals surface area (Å²) in [5, 5.41) is 53.7. The lowest BCUT2D eigenvalue weighted by Gasteiger charge is -2.43. The van der Waals surface area contributed by atoms with E-state index in [1.807, 2.05) is 0 Å². The minimum Gasteiger partial charge on any atom is -0.507 e. The summed E-state index contributed by atoms with van der Waals surface area (Å²) in [5.74, 6) is -2.34. The molecule has 6 rings (SSSR count). The molecule has 1 aliphatic heterocycles. The quantitative estimate of drug-likeness (QED) is 0.0337. The van der Waals surface area contributed by atoms with E-state index < -0.39 is 84.5 Å². The van der Waals surface area contributed by atoms with Gasteiger partial charge in [-0.1, -0.05) is 28.1 Å². The highest BCUT2D eigenvalue weighted by Gasteiger charge is 2.49. The molecule has 0 spiro atoms. The molecule has 1 saturated heterocycles. The topological polar surface area (TPSA) is 223 Å². The predicted octanol–water partition coefficient (Wildman–Crippen LogP) is 5.13. The smallest absolute Gasteiger partial charge is 0.435 e. The Labute approximate surface area is 341 Å². The molecule has 0 aromatic heterocycles. The number of fused-ring (bicyclic) bond motifs is 3. The van der Waals surface area contributed by atoms with Gasteiger partial charge < -0.3 is 44.9 Å².